The van der Waals surface area contributed by atoms with E-state index >= 15 is 0 Å². The van der Waals surface area contributed by atoms with E-state index in [0.717, 1.165) is 36.8 Å². The van der Waals surface area contributed by atoms with Gasteiger partial charge in [0, 0.05) is 49.3 Å². The molecule has 0 saturated carbocycles. The first-order valence-corrected chi connectivity index (χ1v) is 9.41. The first-order chi connectivity index (χ1) is 13.6. The summed E-state index contributed by atoms with van der Waals surface area (Å²) >= 11 is 0. The van der Waals surface area contributed by atoms with E-state index in [9.17, 15) is 14.0 Å². The minimum absolute atomic E-state index is 0.0415. The molecule has 1 atom stereocenters. The van der Waals surface area contributed by atoms with Crippen molar-refractivity contribution in [1.82, 2.24) is 9.88 Å². The SMILES string of the molecule is O=C(C1=CCCN(c2ccc(-n3cccc(F)c3=O)cc2)C1)C1CNCCO1. The molecule has 1 fully saturated rings. The van der Waals surface area contributed by atoms with Crippen LogP contribution in [0.25, 0.3) is 5.69 Å². The molecule has 1 unspecified atom stereocenters. The van der Waals surface area contributed by atoms with Crippen LogP contribution in [0.4, 0.5) is 10.1 Å². The highest BCUT2D eigenvalue weighted by Gasteiger charge is 2.27. The lowest BCUT2D eigenvalue weighted by Crippen LogP contribution is -2.45. The average molecular weight is 383 g/mol. The van der Waals surface area contributed by atoms with E-state index in [2.05, 4.69) is 10.2 Å². The molecule has 1 aromatic carbocycles. The maximum absolute atomic E-state index is 13.5. The number of Topliss-reactive ketones (excluding diaryl/α,β-unsaturated/α-hetero) is 1. The van der Waals surface area contributed by atoms with E-state index < -0.39 is 17.5 Å². The highest BCUT2D eigenvalue weighted by molar-refractivity contribution is 6.00. The summed E-state index contributed by atoms with van der Waals surface area (Å²) in [6, 6.07) is 9.99. The quantitative estimate of drug-likeness (QED) is 0.870. The molecular formula is C21H22FN3O3. The molecule has 7 heteroatoms. The van der Waals surface area contributed by atoms with Crippen LogP contribution in [0.2, 0.25) is 0 Å². The number of carbonyl (C=O) groups is 1. The minimum atomic E-state index is -0.782. The fourth-order valence-corrected chi connectivity index (χ4v) is 3.58. The van der Waals surface area contributed by atoms with E-state index in [1.54, 1.807) is 18.3 Å². The first kappa shape index (κ1) is 18.6. The molecule has 0 bridgehead atoms. The van der Waals surface area contributed by atoms with Crippen LogP contribution in [-0.2, 0) is 9.53 Å². The topological polar surface area (TPSA) is 63.6 Å². The zero-order valence-corrected chi connectivity index (χ0v) is 15.4. The summed E-state index contributed by atoms with van der Waals surface area (Å²) in [5.74, 6) is -0.741. The molecule has 2 aromatic rings. The Morgan fingerprint density at radius 3 is 2.71 bits per heavy atom. The van der Waals surface area contributed by atoms with Gasteiger partial charge in [0.15, 0.2) is 11.6 Å². The van der Waals surface area contributed by atoms with Gasteiger partial charge in [0.05, 0.1) is 6.61 Å². The Kier molecular flexibility index (Phi) is 5.36. The number of benzene rings is 1. The lowest BCUT2D eigenvalue weighted by atomic mass is 10.0. The third-order valence-corrected chi connectivity index (χ3v) is 5.08. The molecule has 1 saturated heterocycles. The minimum Gasteiger partial charge on any atom is -0.367 e. The van der Waals surface area contributed by atoms with Gasteiger partial charge in [0.2, 0.25) is 0 Å². The number of hydrogen-bond acceptors (Lipinski definition) is 5. The number of ketones is 1. The number of anilines is 1. The van der Waals surface area contributed by atoms with Crippen molar-refractivity contribution in [3.8, 4) is 5.69 Å². The summed E-state index contributed by atoms with van der Waals surface area (Å²) in [6.45, 7) is 3.20. The maximum Gasteiger partial charge on any atom is 0.291 e. The zero-order valence-electron chi connectivity index (χ0n) is 15.4. The summed E-state index contributed by atoms with van der Waals surface area (Å²) < 4.78 is 20.4. The molecule has 0 spiro atoms. The van der Waals surface area contributed by atoms with Crippen LogP contribution in [0, 0.1) is 5.82 Å². The second-order valence-corrected chi connectivity index (χ2v) is 6.92. The van der Waals surface area contributed by atoms with Crippen molar-refractivity contribution in [2.45, 2.75) is 12.5 Å². The fourth-order valence-electron chi connectivity index (χ4n) is 3.58. The van der Waals surface area contributed by atoms with Crippen LogP contribution >= 0.6 is 0 Å². The molecule has 3 heterocycles. The molecule has 0 aliphatic carbocycles. The summed E-state index contributed by atoms with van der Waals surface area (Å²) in [5.41, 5.74) is 1.64. The lowest BCUT2D eigenvalue weighted by molar-refractivity contribution is -0.128. The number of rotatable bonds is 4. The van der Waals surface area contributed by atoms with Gasteiger partial charge in [-0.15, -0.1) is 0 Å². The highest BCUT2D eigenvalue weighted by atomic mass is 19.1. The standard InChI is InChI=1S/C21H22FN3O3/c22-18-4-2-11-25(21(18)27)17-7-5-16(6-8-17)24-10-1-3-15(14-24)20(26)19-13-23-9-12-28-19/h2-8,11,19,23H,1,9-10,12-14H2. The van der Waals surface area contributed by atoms with Crippen molar-refractivity contribution in [3.63, 3.8) is 0 Å². The maximum atomic E-state index is 13.5. The van der Waals surface area contributed by atoms with Crippen molar-refractivity contribution in [2.75, 3.05) is 37.7 Å². The molecule has 2 aliphatic rings. The van der Waals surface area contributed by atoms with Crippen molar-refractivity contribution < 1.29 is 13.9 Å². The Bertz CT molecular complexity index is 946. The Morgan fingerprint density at radius 2 is 1.96 bits per heavy atom. The molecule has 0 radical (unpaired) electrons. The molecule has 28 heavy (non-hydrogen) atoms. The summed E-state index contributed by atoms with van der Waals surface area (Å²) in [6.07, 6.45) is 3.91. The number of morpholine rings is 1. The van der Waals surface area contributed by atoms with Crippen LogP contribution in [0.1, 0.15) is 6.42 Å². The van der Waals surface area contributed by atoms with Gasteiger partial charge in [-0.1, -0.05) is 6.08 Å². The largest absolute Gasteiger partial charge is 0.367 e. The van der Waals surface area contributed by atoms with Crippen LogP contribution in [0.15, 0.2) is 59.0 Å². The number of aromatic nitrogens is 1. The van der Waals surface area contributed by atoms with E-state index in [0.29, 0.717) is 25.4 Å². The third kappa shape index (κ3) is 3.76. The lowest BCUT2D eigenvalue weighted by Gasteiger charge is -2.31. The smallest absolute Gasteiger partial charge is 0.291 e. The second kappa shape index (κ2) is 8.08. The summed E-state index contributed by atoms with van der Waals surface area (Å²) in [7, 11) is 0. The van der Waals surface area contributed by atoms with Crippen LogP contribution < -0.4 is 15.8 Å². The number of carbonyl (C=O) groups excluding carboxylic acids is 1. The predicted molar refractivity (Wildman–Crippen MR) is 105 cm³/mol. The molecule has 0 amide bonds. The van der Waals surface area contributed by atoms with Crippen LogP contribution in [-0.4, -0.2) is 49.2 Å². The Balaban J connectivity index is 1.49. The molecule has 146 valence electrons. The van der Waals surface area contributed by atoms with Gasteiger partial charge >= 0.3 is 0 Å². The first-order valence-electron chi connectivity index (χ1n) is 9.41. The molecule has 6 nitrogen and oxygen atoms in total. The van der Waals surface area contributed by atoms with E-state index in [1.807, 2.05) is 18.2 Å². The normalized spacial score (nSPS) is 20.0. The van der Waals surface area contributed by atoms with Crippen molar-refractivity contribution in [2.24, 2.45) is 0 Å². The number of ether oxygens (including phenoxy) is 1. The van der Waals surface area contributed by atoms with E-state index in [1.165, 1.54) is 10.6 Å². The monoisotopic (exact) mass is 383 g/mol. The van der Waals surface area contributed by atoms with E-state index in [4.69, 9.17) is 4.74 Å². The average Bonchev–Trinajstić information content (AvgIpc) is 2.76. The van der Waals surface area contributed by atoms with Crippen molar-refractivity contribution in [3.05, 3.63) is 70.4 Å². The van der Waals surface area contributed by atoms with Crippen LogP contribution in [0.3, 0.4) is 0 Å². The van der Waals surface area contributed by atoms with Gasteiger partial charge in [-0.25, -0.2) is 4.39 Å². The Hall–Kier alpha value is -2.77. The number of nitrogens with one attached hydrogen (secondary N) is 1. The third-order valence-electron chi connectivity index (χ3n) is 5.08. The highest BCUT2D eigenvalue weighted by Crippen LogP contribution is 2.22. The summed E-state index contributed by atoms with van der Waals surface area (Å²) in [5, 5.41) is 3.19. The van der Waals surface area contributed by atoms with Gasteiger partial charge < -0.3 is 15.0 Å². The van der Waals surface area contributed by atoms with Gasteiger partial charge in [0.1, 0.15) is 6.10 Å². The van der Waals surface area contributed by atoms with Crippen molar-refractivity contribution >= 4 is 11.5 Å². The fraction of sp³-hybridized carbons (Fsp3) is 0.333. The van der Waals surface area contributed by atoms with E-state index in [-0.39, 0.29) is 5.78 Å². The second-order valence-electron chi connectivity index (χ2n) is 6.92. The predicted octanol–water partition coefficient (Wildman–Crippen LogP) is 1.67. The number of pyridine rings is 1. The van der Waals surface area contributed by atoms with Gasteiger partial charge in [-0.05, 0) is 42.8 Å². The van der Waals surface area contributed by atoms with Gasteiger partial charge in [-0.2, -0.15) is 0 Å². The Labute approximate surface area is 162 Å². The van der Waals surface area contributed by atoms with Crippen molar-refractivity contribution in [1.29, 1.82) is 0 Å². The molecule has 1 aromatic heterocycles. The zero-order chi connectivity index (χ0) is 19.5. The molecule has 4 rings (SSSR count). The molecule has 2 aliphatic heterocycles. The van der Waals surface area contributed by atoms with Crippen LogP contribution in [0.5, 0.6) is 0 Å². The number of hydrogen-bond donors (Lipinski definition) is 1. The Morgan fingerprint density at radius 1 is 1.18 bits per heavy atom. The number of nitrogens with zero attached hydrogens (tertiary/aromatic N) is 2. The van der Waals surface area contributed by atoms with Gasteiger partial charge in [0.25, 0.3) is 5.56 Å². The van der Waals surface area contributed by atoms with Gasteiger partial charge in [-0.3, -0.25) is 14.2 Å². The molecule has 1 N–H and O–H groups in total. The number of halogens is 1. The molecular weight excluding hydrogens is 361 g/mol. The summed E-state index contributed by atoms with van der Waals surface area (Å²) in [4.78, 5) is 26.8.